The first kappa shape index (κ1) is 22.9. The summed E-state index contributed by atoms with van der Waals surface area (Å²) in [6, 6.07) is 13.4. The van der Waals surface area contributed by atoms with Crippen LogP contribution in [-0.4, -0.2) is 24.3 Å². The molecule has 1 atom stereocenters. The number of nitrogens with one attached hydrogen (secondary N) is 1. The van der Waals surface area contributed by atoms with Crippen molar-refractivity contribution >= 4 is 40.9 Å². The molecule has 0 aromatic heterocycles. The van der Waals surface area contributed by atoms with E-state index in [0.29, 0.717) is 22.3 Å². The van der Waals surface area contributed by atoms with Crippen LogP contribution in [0.15, 0.2) is 42.5 Å². The van der Waals surface area contributed by atoms with Crippen LogP contribution in [0.1, 0.15) is 38.8 Å². The highest BCUT2D eigenvalue weighted by molar-refractivity contribution is 7.98. The molecule has 0 fully saturated rings. The second kappa shape index (κ2) is 10.4. The number of thioether (sulfide) groups is 1. The predicted molar refractivity (Wildman–Crippen MR) is 121 cm³/mol. The molecular formula is C22H27Cl2NO2S. The summed E-state index contributed by atoms with van der Waals surface area (Å²) in [6.45, 7) is 8.83. The van der Waals surface area contributed by atoms with Crippen LogP contribution in [-0.2, 0) is 16.0 Å². The summed E-state index contributed by atoms with van der Waals surface area (Å²) < 4.78 is 5.75. The molecule has 2 aromatic rings. The van der Waals surface area contributed by atoms with Crippen LogP contribution in [0, 0.1) is 0 Å². The number of rotatable bonds is 8. The van der Waals surface area contributed by atoms with E-state index in [9.17, 15) is 4.79 Å². The first-order valence-corrected chi connectivity index (χ1v) is 11.1. The molecule has 0 radical (unpaired) electrons. The zero-order chi connectivity index (χ0) is 20.7. The Morgan fingerprint density at radius 2 is 1.82 bits per heavy atom. The third-order valence-corrected chi connectivity index (χ3v) is 5.82. The van der Waals surface area contributed by atoms with Gasteiger partial charge in [-0.3, -0.25) is 4.79 Å². The molecule has 0 saturated carbocycles. The van der Waals surface area contributed by atoms with Crippen molar-refractivity contribution < 1.29 is 9.53 Å². The van der Waals surface area contributed by atoms with Crippen molar-refractivity contribution in [3.8, 4) is 5.75 Å². The van der Waals surface area contributed by atoms with Crippen LogP contribution < -0.4 is 10.1 Å². The molecular weight excluding hydrogens is 413 g/mol. The summed E-state index contributed by atoms with van der Waals surface area (Å²) in [6.07, 6.45) is -0.545. The molecule has 0 unspecified atom stereocenters. The van der Waals surface area contributed by atoms with Gasteiger partial charge in [0.1, 0.15) is 5.75 Å². The van der Waals surface area contributed by atoms with Gasteiger partial charge >= 0.3 is 0 Å². The third kappa shape index (κ3) is 7.23. The maximum absolute atomic E-state index is 12.2. The lowest BCUT2D eigenvalue weighted by Gasteiger charge is -2.20. The zero-order valence-electron chi connectivity index (χ0n) is 16.7. The maximum atomic E-state index is 12.2. The normalized spacial score (nSPS) is 12.5. The van der Waals surface area contributed by atoms with E-state index in [1.807, 2.05) is 36.4 Å². The Bertz CT molecular complexity index is 788. The minimum atomic E-state index is -0.545. The molecule has 152 valence electrons. The summed E-state index contributed by atoms with van der Waals surface area (Å²) in [5.41, 5.74) is 2.36. The van der Waals surface area contributed by atoms with Gasteiger partial charge in [-0.2, -0.15) is 11.8 Å². The van der Waals surface area contributed by atoms with Crippen molar-refractivity contribution in [2.24, 2.45) is 0 Å². The van der Waals surface area contributed by atoms with E-state index in [1.165, 1.54) is 5.56 Å². The third-order valence-electron chi connectivity index (χ3n) is 4.22. The second-order valence-electron chi connectivity index (χ2n) is 7.61. The molecule has 28 heavy (non-hydrogen) atoms. The van der Waals surface area contributed by atoms with Crippen molar-refractivity contribution in [1.82, 2.24) is 5.32 Å². The number of halogens is 2. The van der Waals surface area contributed by atoms with Crippen molar-refractivity contribution in [3.05, 3.63) is 63.6 Å². The SMILES string of the molecule is C[C@H](Oc1ccc(C(C)(C)C)cc1)C(=O)NCCSCc1ccc(Cl)cc1Cl. The summed E-state index contributed by atoms with van der Waals surface area (Å²) in [5, 5.41) is 4.21. The van der Waals surface area contributed by atoms with E-state index in [-0.39, 0.29) is 11.3 Å². The number of carbonyl (C=O) groups excluding carboxylic acids is 1. The van der Waals surface area contributed by atoms with Gasteiger partial charge in [-0.1, -0.05) is 62.2 Å². The average Bonchev–Trinajstić information content (AvgIpc) is 2.62. The molecule has 0 aliphatic heterocycles. The van der Waals surface area contributed by atoms with Crippen LogP contribution in [0.25, 0.3) is 0 Å². The van der Waals surface area contributed by atoms with Gasteiger partial charge in [0.25, 0.3) is 5.91 Å². The molecule has 1 amide bonds. The summed E-state index contributed by atoms with van der Waals surface area (Å²) >= 11 is 13.8. The molecule has 3 nitrogen and oxygen atoms in total. The Balaban J connectivity index is 1.71. The van der Waals surface area contributed by atoms with Gasteiger partial charge in [0, 0.05) is 28.1 Å². The Morgan fingerprint density at radius 3 is 2.43 bits per heavy atom. The average molecular weight is 440 g/mol. The molecule has 0 bridgehead atoms. The van der Waals surface area contributed by atoms with Crippen LogP contribution in [0.4, 0.5) is 0 Å². The topological polar surface area (TPSA) is 38.3 Å². The van der Waals surface area contributed by atoms with Crippen LogP contribution in [0.3, 0.4) is 0 Å². The largest absolute Gasteiger partial charge is 0.481 e. The van der Waals surface area contributed by atoms with E-state index in [2.05, 4.69) is 26.1 Å². The number of amides is 1. The molecule has 0 heterocycles. The van der Waals surface area contributed by atoms with Gasteiger partial charge in [0.2, 0.25) is 0 Å². The maximum Gasteiger partial charge on any atom is 0.260 e. The first-order valence-electron chi connectivity index (χ1n) is 9.23. The molecule has 0 aliphatic rings. The molecule has 0 aliphatic carbocycles. The quantitative estimate of drug-likeness (QED) is 0.504. The van der Waals surface area contributed by atoms with Crippen molar-refractivity contribution in [2.45, 2.75) is 45.0 Å². The van der Waals surface area contributed by atoms with E-state index in [4.69, 9.17) is 27.9 Å². The smallest absolute Gasteiger partial charge is 0.260 e. The fourth-order valence-electron chi connectivity index (χ4n) is 2.50. The number of carbonyl (C=O) groups is 1. The van der Waals surface area contributed by atoms with Gasteiger partial charge in [-0.15, -0.1) is 0 Å². The Morgan fingerprint density at radius 1 is 1.14 bits per heavy atom. The summed E-state index contributed by atoms with van der Waals surface area (Å²) in [4.78, 5) is 12.2. The van der Waals surface area contributed by atoms with Crippen LogP contribution in [0.2, 0.25) is 10.0 Å². The summed E-state index contributed by atoms with van der Waals surface area (Å²) in [5.74, 6) is 2.14. The zero-order valence-corrected chi connectivity index (χ0v) is 19.0. The minimum Gasteiger partial charge on any atom is -0.481 e. The lowest BCUT2D eigenvalue weighted by Crippen LogP contribution is -2.37. The highest BCUT2D eigenvalue weighted by Gasteiger charge is 2.16. The fourth-order valence-corrected chi connectivity index (χ4v) is 3.92. The van der Waals surface area contributed by atoms with Crippen molar-refractivity contribution in [1.29, 1.82) is 0 Å². The van der Waals surface area contributed by atoms with E-state index in [0.717, 1.165) is 17.1 Å². The molecule has 6 heteroatoms. The minimum absolute atomic E-state index is 0.0927. The van der Waals surface area contributed by atoms with Crippen LogP contribution in [0.5, 0.6) is 5.75 Å². The molecule has 1 N–H and O–H groups in total. The van der Waals surface area contributed by atoms with E-state index >= 15 is 0 Å². The Hall–Kier alpha value is -1.36. The number of benzene rings is 2. The van der Waals surface area contributed by atoms with E-state index in [1.54, 1.807) is 24.8 Å². The van der Waals surface area contributed by atoms with Gasteiger partial charge < -0.3 is 10.1 Å². The predicted octanol–water partition coefficient (Wildman–Crippen LogP) is 6.11. The lowest BCUT2D eigenvalue weighted by molar-refractivity contribution is -0.127. The molecule has 0 saturated heterocycles. The van der Waals surface area contributed by atoms with Gasteiger partial charge in [0.15, 0.2) is 6.10 Å². The Kier molecular flexibility index (Phi) is 8.54. The van der Waals surface area contributed by atoms with Gasteiger partial charge in [-0.25, -0.2) is 0 Å². The summed E-state index contributed by atoms with van der Waals surface area (Å²) in [7, 11) is 0. The van der Waals surface area contributed by atoms with E-state index < -0.39 is 6.10 Å². The molecule has 0 spiro atoms. The van der Waals surface area contributed by atoms with Crippen molar-refractivity contribution in [2.75, 3.05) is 12.3 Å². The standard InChI is InChI=1S/C22H27Cl2NO2S/c1-15(27-19-9-6-17(7-10-19)22(2,3)4)21(26)25-11-12-28-14-16-5-8-18(23)13-20(16)24/h5-10,13,15H,11-12,14H2,1-4H3,(H,25,26)/t15-/m0/s1. The van der Waals surface area contributed by atoms with Gasteiger partial charge in [-0.05, 0) is 47.7 Å². The monoisotopic (exact) mass is 439 g/mol. The number of hydrogen-bond acceptors (Lipinski definition) is 3. The first-order chi connectivity index (χ1) is 13.2. The second-order valence-corrected chi connectivity index (χ2v) is 9.56. The molecule has 2 rings (SSSR count). The lowest BCUT2D eigenvalue weighted by atomic mass is 9.87. The van der Waals surface area contributed by atoms with Crippen molar-refractivity contribution in [3.63, 3.8) is 0 Å². The molecule has 2 aromatic carbocycles. The van der Waals surface area contributed by atoms with Gasteiger partial charge in [0.05, 0.1) is 0 Å². The highest BCUT2D eigenvalue weighted by Crippen LogP contribution is 2.25. The fraction of sp³-hybridized carbons (Fsp3) is 0.409. The Labute approximate surface area is 182 Å². The number of hydrogen-bond donors (Lipinski definition) is 1. The number of ether oxygens (including phenoxy) is 1. The highest BCUT2D eigenvalue weighted by atomic mass is 35.5. The van der Waals surface area contributed by atoms with Crippen LogP contribution >= 0.6 is 35.0 Å².